The van der Waals surface area contributed by atoms with Gasteiger partial charge in [-0.05, 0) is 48.2 Å². The minimum atomic E-state index is -3.57. The SMILES string of the molecule is CC[C@@H](C)c1ccc(NC(=O)c2cccc(S(=O)(=O)N(C)C)c2)cc1. The maximum atomic E-state index is 12.4. The molecule has 1 N–H and O–H groups in total. The Hall–Kier alpha value is -2.18. The maximum absolute atomic E-state index is 12.4. The molecule has 1 atom stereocenters. The van der Waals surface area contributed by atoms with Crippen LogP contribution < -0.4 is 5.32 Å². The van der Waals surface area contributed by atoms with Crippen molar-refractivity contribution in [1.82, 2.24) is 4.31 Å². The number of anilines is 1. The van der Waals surface area contributed by atoms with E-state index in [1.54, 1.807) is 12.1 Å². The molecule has 2 aromatic rings. The van der Waals surface area contributed by atoms with Crippen LogP contribution in [0.4, 0.5) is 5.69 Å². The molecule has 2 rings (SSSR count). The summed E-state index contributed by atoms with van der Waals surface area (Å²) in [4.78, 5) is 12.5. The Morgan fingerprint density at radius 3 is 2.32 bits per heavy atom. The van der Waals surface area contributed by atoms with Gasteiger partial charge < -0.3 is 5.32 Å². The first-order valence-corrected chi connectivity index (χ1v) is 9.63. The summed E-state index contributed by atoms with van der Waals surface area (Å²) in [7, 11) is -0.652. The summed E-state index contributed by atoms with van der Waals surface area (Å²) >= 11 is 0. The van der Waals surface area contributed by atoms with E-state index in [2.05, 4.69) is 19.2 Å². The van der Waals surface area contributed by atoms with Crippen molar-refractivity contribution < 1.29 is 13.2 Å². The lowest BCUT2D eigenvalue weighted by molar-refractivity contribution is 0.102. The van der Waals surface area contributed by atoms with Crippen molar-refractivity contribution in [2.45, 2.75) is 31.1 Å². The molecule has 0 saturated carbocycles. The fraction of sp³-hybridized carbons (Fsp3) is 0.316. The van der Waals surface area contributed by atoms with Crippen LogP contribution in [-0.4, -0.2) is 32.7 Å². The standard InChI is InChI=1S/C19H24N2O3S/c1-5-14(2)15-9-11-17(12-10-15)20-19(22)16-7-6-8-18(13-16)25(23,24)21(3)4/h6-14H,5H2,1-4H3,(H,20,22)/t14-/m1/s1. The molecule has 1 amide bonds. The Morgan fingerprint density at radius 1 is 1.12 bits per heavy atom. The molecule has 0 unspecified atom stereocenters. The molecule has 134 valence electrons. The lowest BCUT2D eigenvalue weighted by atomic mass is 9.98. The molecule has 0 bridgehead atoms. The second kappa shape index (κ2) is 7.80. The third-order valence-corrected chi connectivity index (χ3v) is 6.04. The zero-order valence-corrected chi connectivity index (χ0v) is 15.8. The van der Waals surface area contributed by atoms with Gasteiger partial charge in [0.05, 0.1) is 4.90 Å². The lowest BCUT2D eigenvalue weighted by Gasteiger charge is -2.13. The normalized spacial score (nSPS) is 12.8. The molecule has 0 heterocycles. The highest BCUT2D eigenvalue weighted by molar-refractivity contribution is 7.89. The van der Waals surface area contributed by atoms with Crippen LogP contribution in [0.3, 0.4) is 0 Å². The topological polar surface area (TPSA) is 66.5 Å². The summed E-state index contributed by atoms with van der Waals surface area (Å²) in [6, 6.07) is 13.7. The van der Waals surface area contributed by atoms with Crippen molar-refractivity contribution in [2.75, 3.05) is 19.4 Å². The third-order valence-electron chi connectivity index (χ3n) is 4.22. The Kier molecular flexibility index (Phi) is 5.98. The first-order valence-electron chi connectivity index (χ1n) is 8.19. The Labute approximate surface area is 149 Å². The predicted molar refractivity (Wildman–Crippen MR) is 100 cm³/mol. The number of hydrogen-bond acceptors (Lipinski definition) is 3. The molecule has 0 aliphatic carbocycles. The van der Waals surface area contributed by atoms with Crippen LogP contribution in [0.2, 0.25) is 0 Å². The molecule has 25 heavy (non-hydrogen) atoms. The van der Waals surface area contributed by atoms with E-state index in [0.717, 1.165) is 10.7 Å². The van der Waals surface area contributed by atoms with Gasteiger partial charge in [-0.1, -0.05) is 32.0 Å². The minimum absolute atomic E-state index is 0.0947. The van der Waals surface area contributed by atoms with Gasteiger partial charge in [-0.2, -0.15) is 0 Å². The maximum Gasteiger partial charge on any atom is 0.255 e. The number of sulfonamides is 1. The van der Waals surface area contributed by atoms with Crippen molar-refractivity contribution in [3.8, 4) is 0 Å². The van der Waals surface area contributed by atoms with Gasteiger partial charge in [0.25, 0.3) is 5.91 Å². The number of nitrogens with zero attached hydrogens (tertiary/aromatic N) is 1. The third kappa shape index (κ3) is 4.46. The van der Waals surface area contributed by atoms with Crippen molar-refractivity contribution >= 4 is 21.6 Å². The van der Waals surface area contributed by atoms with Gasteiger partial charge in [0, 0.05) is 25.3 Å². The van der Waals surface area contributed by atoms with E-state index in [-0.39, 0.29) is 10.8 Å². The largest absolute Gasteiger partial charge is 0.322 e. The number of carbonyl (C=O) groups excluding carboxylic acids is 1. The Balaban J connectivity index is 2.19. The highest BCUT2D eigenvalue weighted by atomic mass is 32.2. The summed E-state index contributed by atoms with van der Waals surface area (Å²) in [5.41, 5.74) is 2.20. The van der Waals surface area contributed by atoms with E-state index in [1.165, 1.54) is 31.8 Å². The molecule has 0 radical (unpaired) electrons. The molecule has 0 saturated heterocycles. The molecule has 0 spiro atoms. The average molecular weight is 360 g/mol. The second-order valence-corrected chi connectivity index (χ2v) is 8.35. The zero-order valence-electron chi connectivity index (χ0n) is 15.0. The molecule has 0 fully saturated rings. The van der Waals surface area contributed by atoms with Gasteiger partial charge >= 0.3 is 0 Å². The number of hydrogen-bond donors (Lipinski definition) is 1. The number of nitrogens with one attached hydrogen (secondary N) is 1. The van der Waals surface area contributed by atoms with Crippen LogP contribution in [0.5, 0.6) is 0 Å². The van der Waals surface area contributed by atoms with Gasteiger partial charge in [-0.15, -0.1) is 0 Å². The van der Waals surface area contributed by atoms with Crippen molar-refractivity contribution in [3.05, 3.63) is 59.7 Å². The van der Waals surface area contributed by atoms with Gasteiger partial charge in [-0.3, -0.25) is 4.79 Å². The van der Waals surface area contributed by atoms with E-state index in [4.69, 9.17) is 0 Å². The van der Waals surface area contributed by atoms with Crippen LogP contribution in [-0.2, 0) is 10.0 Å². The van der Waals surface area contributed by atoms with E-state index >= 15 is 0 Å². The fourth-order valence-corrected chi connectivity index (χ4v) is 3.29. The number of benzene rings is 2. The van der Waals surface area contributed by atoms with E-state index in [9.17, 15) is 13.2 Å². The number of carbonyl (C=O) groups is 1. The van der Waals surface area contributed by atoms with Crippen LogP contribution in [0.15, 0.2) is 53.4 Å². The Morgan fingerprint density at radius 2 is 1.76 bits per heavy atom. The molecular weight excluding hydrogens is 336 g/mol. The fourth-order valence-electron chi connectivity index (χ4n) is 2.34. The van der Waals surface area contributed by atoms with E-state index in [1.807, 2.05) is 24.3 Å². The highest BCUT2D eigenvalue weighted by Crippen LogP contribution is 2.21. The number of amides is 1. The van der Waals surface area contributed by atoms with Gasteiger partial charge in [0.15, 0.2) is 0 Å². The van der Waals surface area contributed by atoms with Crippen molar-refractivity contribution in [2.24, 2.45) is 0 Å². The highest BCUT2D eigenvalue weighted by Gasteiger charge is 2.18. The summed E-state index contributed by atoms with van der Waals surface area (Å²) in [6.07, 6.45) is 1.05. The molecule has 0 aliphatic rings. The first-order chi connectivity index (χ1) is 11.8. The Bertz CT molecular complexity index is 843. The van der Waals surface area contributed by atoms with Crippen LogP contribution in [0, 0.1) is 0 Å². The second-order valence-electron chi connectivity index (χ2n) is 6.20. The van der Waals surface area contributed by atoms with Crippen molar-refractivity contribution in [3.63, 3.8) is 0 Å². The van der Waals surface area contributed by atoms with Crippen molar-refractivity contribution in [1.29, 1.82) is 0 Å². The summed E-state index contributed by atoms with van der Waals surface area (Å²) in [5, 5.41) is 2.80. The van der Waals surface area contributed by atoms with Gasteiger partial charge in [0.2, 0.25) is 10.0 Å². The molecule has 2 aromatic carbocycles. The molecule has 6 heteroatoms. The van der Waals surface area contributed by atoms with Crippen LogP contribution in [0.25, 0.3) is 0 Å². The van der Waals surface area contributed by atoms with Crippen LogP contribution >= 0.6 is 0 Å². The van der Waals surface area contributed by atoms with E-state index in [0.29, 0.717) is 17.2 Å². The van der Waals surface area contributed by atoms with Gasteiger partial charge in [-0.25, -0.2) is 12.7 Å². The average Bonchev–Trinajstić information content (AvgIpc) is 2.61. The smallest absolute Gasteiger partial charge is 0.255 e. The molecule has 0 aliphatic heterocycles. The lowest BCUT2D eigenvalue weighted by Crippen LogP contribution is -2.22. The first kappa shape index (κ1) is 19.1. The van der Waals surface area contributed by atoms with Crippen LogP contribution in [0.1, 0.15) is 42.1 Å². The molecule has 0 aromatic heterocycles. The molecular formula is C19H24N2O3S. The molecule has 5 nitrogen and oxygen atoms in total. The van der Waals surface area contributed by atoms with E-state index < -0.39 is 10.0 Å². The minimum Gasteiger partial charge on any atom is -0.322 e. The summed E-state index contributed by atoms with van der Waals surface area (Å²) in [5.74, 6) is 0.129. The summed E-state index contributed by atoms with van der Waals surface area (Å²) < 4.78 is 25.5. The van der Waals surface area contributed by atoms with Gasteiger partial charge in [0.1, 0.15) is 0 Å². The predicted octanol–water partition coefficient (Wildman–Crippen LogP) is 3.70. The quantitative estimate of drug-likeness (QED) is 0.854. The number of rotatable bonds is 6. The zero-order chi connectivity index (χ0) is 18.6. The monoisotopic (exact) mass is 360 g/mol. The summed E-state index contributed by atoms with van der Waals surface area (Å²) in [6.45, 7) is 4.29.